The predicted octanol–water partition coefficient (Wildman–Crippen LogP) is 4.04. The van der Waals surface area contributed by atoms with Crippen molar-refractivity contribution in [3.8, 4) is 0 Å². The Balaban J connectivity index is 1.49. The summed E-state index contributed by atoms with van der Waals surface area (Å²) in [6.45, 7) is 5.22. The quantitative estimate of drug-likeness (QED) is 0.699. The molecule has 1 atom stereocenters. The van der Waals surface area contributed by atoms with Gasteiger partial charge < -0.3 is 20.7 Å². The molecule has 0 bridgehead atoms. The molecular weight excluding hydrogens is 398 g/mol. The zero-order chi connectivity index (χ0) is 21.1. The molecule has 5 nitrogen and oxygen atoms in total. The van der Waals surface area contributed by atoms with E-state index in [-0.39, 0.29) is 5.91 Å². The van der Waals surface area contributed by atoms with Crippen molar-refractivity contribution >= 4 is 23.2 Å². The third-order valence-corrected chi connectivity index (χ3v) is 6.25. The molecule has 1 heterocycles. The number of carbonyl (C=O) groups excluding carboxylic acids is 1. The lowest BCUT2D eigenvalue weighted by atomic mass is 10.0. The van der Waals surface area contributed by atoms with E-state index in [4.69, 9.17) is 22.1 Å². The summed E-state index contributed by atoms with van der Waals surface area (Å²) in [5, 5.41) is 3.67. The van der Waals surface area contributed by atoms with Crippen LogP contribution >= 0.6 is 11.6 Å². The van der Waals surface area contributed by atoms with Crippen LogP contribution in [-0.2, 0) is 17.8 Å². The highest BCUT2D eigenvalue weighted by Gasteiger charge is 2.31. The summed E-state index contributed by atoms with van der Waals surface area (Å²) in [6, 6.07) is 12.1. The zero-order valence-electron chi connectivity index (χ0n) is 17.5. The van der Waals surface area contributed by atoms with Crippen LogP contribution in [0.25, 0.3) is 0 Å². The van der Waals surface area contributed by atoms with Gasteiger partial charge in [0.1, 0.15) is 0 Å². The van der Waals surface area contributed by atoms with E-state index in [1.54, 1.807) is 0 Å². The minimum atomic E-state index is -0.0881. The monoisotopic (exact) mass is 427 g/mol. The van der Waals surface area contributed by atoms with Crippen molar-refractivity contribution in [2.24, 2.45) is 11.7 Å². The van der Waals surface area contributed by atoms with Crippen molar-refractivity contribution in [2.75, 3.05) is 24.7 Å². The van der Waals surface area contributed by atoms with E-state index < -0.39 is 0 Å². The lowest BCUT2D eigenvalue weighted by Crippen LogP contribution is -2.46. The van der Waals surface area contributed by atoms with Gasteiger partial charge in [0.25, 0.3) is 5.91 Å². The summed E-state index contributed by atoms with van der Waals surface area (Å²) in [6.07, 6.45) is 3.84. The molecule has 3 N–H and O–H groups in total. The van der Waals surface area contributed by atoms with E-state index in [2.05, 4.69) is 16.3 Å². The third-order valence-electron chi connectivity index (χ3n) is 6.01. The second-order valence-electron chi connectivity index (χ2n) is 8.46. The first-order valence-electron chi connectivity index (χ1n) is 10.7. The van der Waals surface area contributed by atoms with Crippen LogP contribution < -0.4 is 16.0 Å². The SMILES string of the molecule is Cc1cc(C(=O)NCc2cc(Cl)ccc2CN)cc(N2CCOCC2CC2CC2)c1. The number of halogens is 1. The molecule has 6 heteroatoms. The van der Waals surface area contributed by atoms with Gasteiger partial charge >= 0.3 is 0 Å². The van der Waals surface area contributed by atoms with E-state index in [9.17, 15) is 4.79 Å². The molecule has 4 rings (SSSR count). The van der Waals surface area contributed by atoms with Gasteiger partial charge in [0.2, 0.25) is 0 Å². The van der Waals surface area contributed by atoms with Crippen molar-refractivity contribution in [3.63, 3.8) is 0 Å². The number of aryl methyl sites for hydroxylation is 1. The molecule has 30 heavy (non-hydrogen) atoms. The molecule has 1 aliphatic heterocycles. The van der Waals surface area contributed by atoms with E-state index in [1.165, 1.54) is 19.3 Å². The number of nitrogens with one attached hydrogen (secondary N) is 1. The zero-order valence-corrected chi connectivity index (χ0v) is 18.3. The topological polar surface area (TPSA) is 67.6 Å². The molecule has 1 saturated heterocycles. The number of ether oxygens (including phenoxy) is 1. The fourth-order valence-electron chi connectivity index (χ4n) is 4.22. The number of nitrogens with two attached hydrogens (primary N) is 1. The average molecular weight is 428 g/mol. The van der Waals surface area contributed by atoms with Gasteiger partial charge in [0.05, 0.1) is 19.3 Å². The Morgan fingerprint density at radius 1 is 1.23 bits per heavy atom. The Kier molecular flexibility index (Phi) is 6.61. The normalized spacial score (nSPS) is 19.0. The molecule has 0 spiro atoms. The molecule has 0 aromatic heterocycles. The number of nitrogens with zero attached hydrogens (tertiary/aromatic N) is 1. The molecule has 2 aromatic carbocycles. The van der Waals surface area contributed by atoms with Crippen LogP contribution in [0.4, 0.5) is 5.69 Å². The average Bonchev–Trinajstić information content (AvgIpc) is 3.56. The summed E-state index contributed by atoms with van der Waals surface area (Å²) in [5.41, 5.74) is 10.6. The third kappa shape index (κ3) is 5.15. The maximum atomic E-state index is 12.9. The van der Waals surface area contributed by atoms with Gasteiger partial charge in [0, 0.05) is 35.9 Å². The first-order chi connectivity index (χ1) is 14.5. The standard InChI is InChI=1S/C24H30ClN3O2/c1-16-8-19(24(29)27-14-20-11-21(25)5-4-18(20)13-26)12-22(9-16)28-6-7-30-15-23(28)10-17-2-3-17/h4-5,8-9,11-12,17,23H,2-3,6-7,10,13-15,26H2,1H3,(H,27,29). The van der Waals surface area contributed by atoms with Crippen LogP contribution in [0.1, 0.15) is 46.3 Å². The van der Waals surface area contributed by atoms with Gasteiger partial charge in [-0.3, -0.25) is 4.79 Å². The number of hydrogen-bond acceptors (Lipinski definition) is 4. The Labute approximate surface area is 183 Å². The van der Waals surface area contributed by atoms with Crippen molar-refractivity contribution in [1.82, 2.24) is 5.32 Å². The molecule has 1 saturated carbocycles. The van der Waals surface area contributed by atoms with E-state index >= 15 is 0 Å². The number of hydrogen-bond donors (Lipinski definition) is 2. The van der Waals surface area contributed by atoms with Gasteiger partial charge in [-0.05, 0) is 66.3 Å². The molecule has 1 unspecified atom stereocenters. The molecule has 2 aliphatic rings. The summed E-state index contributed by atoms with van der Waals surface area (Å²) >= 11 is 6.12. The molecule has 1 amide bonds. The van der Waals surface area contributed by atoms with Crippen molar-refractivity contribution in [1.29, 1.82) is 0 Å². The van der Waals surface area contributed by atoms with E-state index in [0.29, 0.717) is 29.7 Å². The fourth-order valence-corrected chi connectivity index (χ4v) is 4.42. The number of benzene rings is 2. The minimum Gasteiger partial charge on any atom is -0.377 e. The second-order valence-corrected chi connectivity index (χ2v) is 8.89. The van der Waals surface area contributed by atoms with Crippen LogP contribution in [-0.4, -0.2) is 31.7 Å². The Hall–Kier alpha value is -2.08. The predicted molar refractivity (Wildman–Crippen MR) is 121 cm³/mol. The molecule has 2 fully saturated rings. The second kappa shape index (κ2) is 9.38. The van der Waals surface area contributed by atoms with Crippen molar-refractivity contribution < 1.29 is 9.53 Å². The van der Waals surface area contributed by atoms with Gasteiger partial charge in [0.15, 0.2) is 0 Å². The lowest BCUT2D eigenvalue weighted by Gasteiger charge is -2.38. The Morgan fingerprint density at radius 2 is 2.07 bits per heavy atom. The Bertz CT molecular complexity index is 913. The van der Waals surface area contributed by atoms with E-state index in [0.717, 1.165) is 48.1 Å². The number of rotatable bonds is 7. The molecule has 2 aromatic rings. The highest BCUT2D eigenvalue weighted by Crippen LogP contribution is 2.36. The smallest absolute Gasteiger partial charge is 0.251 e. The van der Waals surface area contributed by atoms with Crippen LogP contribution in [0.2, 0.25) is 5.02 Å². The first kappa shape index (κ1) is 21.2. The first-order valence-corrected chi connectivity index (χ1v) is 11.1. The largest absolute Gasteiger partial charge is 0.377 e. The highest BCUT2D eigenvalue weighted by atomic mass is 35.5. The maximum absolute atomic E-state index is 12.9. The number of morpholine rings is 1. The van der Waals surface area contributed by atoms with Gasteiger partial charge in [-0.2, -0.15) is 0 Å². The fraction of sp³-hybridized carbons (Fsp3) is 0.458. The Morgan fingerprint density at radius 3 is 2.83 bits per heavy atom. The maximum Gasteiger partial charge on any atom is 0.251 e. The van der Waals surface area contributed by atoms with Gasteiger partial charge in [-0.25, -0.2) is 0 Å². The molecule has 0 radical (unpaired) electrons. The number of anilines is 1. The van der Waals surface area contributed by atoms with Crippen molar-refractivity contribution in [2.45, 2.75) is 45.3 Å². The molecular formula is C24H30ClN3O2. The summed E-state index contributed by atoms with van der Waals surface area (Å²) in [7, 11) is 0. The van der Waals surface area contributed by atoms with E-state index in [1.807, 2.05) is 37.3 Å². The summed E-state index contributed by atoms with van der Waals surface area (Å²) < 4.78 is 5.75. The van der Waals surface area contributed by atoms with Crippen LogP contribution in [0, 0.1) is 12.8 Å². The van der Waals surface area contributed by atoms with Crippen LogP contribution in [0.15, 0.2) is 36.4 Å². The van der Waals surface area contributed by atoms with Crippen LogP contribution in [0.5, 0.6) is 0 Å². The minimum absolute atomic E-state index is 0.0881. The molecule has 160 valence electrons. The highest BCUT2D eigenvalue weighted by molar-refractivity contribution is 6.30. The van der Waals surface area contributed by atoms with Gasteiger partial charge in [-0.15, -0.1) is 0 Å². The van der Waals surface area contributed by atoms with Crippen LogP contribution in [0.3, 0.4) is 0 Å². The summed E-state index contributed by atoms with van der Waals surface area (Å²) in [5.74, 6) is 0.746. The summed E-state index contributed by atoms with van der Waals surface area (Å²) in [4.78, 5) is 15.4. The lowest BCUT2D eigenvalue weighted by molar-refractivity contribution is 0.0898. The number of amides is 1. The number of carbonyl (C=O) groups is 1. The van der Waals surface area contributed by atoms with Gasteiger partial charge in [-0.1, -0.05) is 30.5 Å². The molecule has 1 aliphatic carbocycles. The van der Waals surface area contributed by atoms with Crippen molar-refractivity contribution in [3.05, 3.63) is 63.7 Å².